The van der Waals surface area contributed by atoms with Crippen LogP contribution in [0.5, 0.6) is 0 Å². The molecule has 3 heterocycles. The largest absolute Gasteiger partial charge is 0.339 e. The molecule has 2 aliphatic rings. The Labute approximate surface area is 135 Å². The maximum Gasteiger partial charge on any atom is 0.257 e. The van der Waals surface area contributed by atoms with Gasteiger partial charge in [-0.1, -0.05) is 18.7 Å². The number of aromatic nitrogens is 2. The van der Waals surface area contributed by atoms with Gasteiger partial charge in [-0.05, 0) is 32.6 Å². The van der Waals surface area contributed by atoms with Gasteiger partial charge in [0.1, 0.15) is 0 Å². The van der Waals surface area contributed by atoms with Crippen LogP contribution in [0, 0.1) is 12.8 Å². The number of amides is 1. The van der Waals surface area contributed by atoms with Crippen LogP contribution in [0.2, 0.25) is 0 Å². The van der Waals surface area contributed by atoms with E-state index in [2.05, 4.69) is 16.8 Å². The molecule has 22 heavy (non-hydrogen) atoms. The fourth-order valence-electron chi connectivity index (χ4n) is 3.40. The van der Waals surface area contributed by atoms with Crippen molar-refractivity contribution in [2.75, 3.05) is 12.3 Å². The van der Waals surface area contributed by atoms with Crippen LogP contribution in [-0.2, 0) is 11.3 Å². The van der Waals surface area contributed by atoms with E-state index in [-0.39, 0.29) is 17.4 Å². The minimum atomic E-state index is -0.106. The van der Waals surface area contributed by atoms with E-state index in [1.165, 1.54) is 18.2 Å². The molecule has 1 saturated heterocycles. The lowest BCUT2D eigenvalue weighted by Gasteiger charge is -2.38. The maximum atomic E-state index is 12.9. The summed E-state index contributed by atoms with van der Waals surface area (Å²) < 4.78 is 1.68. The Hall–Kier alpha value is -1.30. The molecule has 0 spiro atoms. The summed E-state index contributed by atoms with van der Waals surface area (Å²) in [7, 11) is 0. The zero-order valence-electron chi connectivity index (χ0n) is 13.2. The minimum absolute atomic E-state index is 0.0133. The molecule has 5 nitrogen and oxygen atoms in total. The van der Waals surface area contributed by atoms with Gasteiger partial charge in [-0.25, -0.2) is 4.98 Å². The number of thioether (sulfide) groups is 1. The zero-order valence-corrected chi connectivity index (χ0v) is 14.1. The summed E-state index contributed by atoms with van der Waals surface area (Å²) in [6.07, 6.45) is 6.07. The summed E-state index contributed by atoms with van der Waals surface area (Å²) in [6.45, 7) is 5.27. The van der Waals surface area contributed by atoms with E-state index in [9.17, 15) is 9.59 Å². The van der Waals surface area contributed by atoms with Gasteiger partial charge in [0.2, 0.25) is 5.91 Å². The third-order valence-electron chi connectivity index (χ3n) is 4.73. The van der Waals surface area contributed by atoms with Gasteiger partial charge in [0.15, 0.2) is 5.16 Å². The number of carbonyl (C=O) groups is 1. The quantitative estimate of drug-likeness (QED) is 0.783. The van der Waals surface area contributed by atoms with Crippen LogP contribution >= 0.6 is 11.8 Å². The van der Waals surface area contributed by atoms with Crippen molar-refractivity contribution in [3.63, 3.8) is 0 Å². The molecular formula is C16H23N3O2S. The Kier molecular flexibility index (Phi) is 4.57. The molecule has 2 atom stereocenters. The second-order valence-electron chi connectivity index (χ2n) is 6.24. The van der Waals surface area contributed by atoms with Crippen molar-refractivity contribution in [3.05, 3.63) is 22.1 Å². The van der Waals surface area contributed by atoms with E-state index in [4.69, 9.17) is 0 Å². The summed E-state index contributed by atoms with van der Waals surface area (Å²) in [4.78, 5) is 31.5. The molecule has 6 heteroatoms. The molecule has 1 aromatic rings. The number of carbonyl (C=O) groups excluding carboxylic acids is 1. The second kappa shape index (κ2) is 6.44. The van der Waals surface area contributed by atoms with E-state index < -0.39 is 0 Å². The highest BCUT2D eigenvalue weighted by Crippen LogP contribution is 2.28. The van der Waals surface area contributed by atoms with Gasteiger partial charge in [0, 0.05) is 36.6 Å². The summed E-state index contributed by atoms with van der Waals surface area (Å²) in [6, 6.07) is 0.375. The number of hydrogen-bond acceptors (Lipinski definition) is 4. The molecule has 1 aromatic heterocycles. The molecule has 1 amide bonds. The molecule has 0 N–H and O–H groups in total. The minimum Gasteiger partial charge on any atom is -0.339 e. The first kappa shape index (κ1) is 15.6. The molecule has 0 aliphatic carbocycles. The number of aryl methyl sites for hydroxylation is 1. The molecule has 0 saturated carbocycles. The molecule has 3 rings (SSSR count). The van der Waals surface area contributed by atoms with E-state index in [0.717, 1.165) is 36.7 Å². The topological polar surface area (TPSA) is 55.2 Å². The molecule has 2 unspecified atom stereocenters. The van der Waals surface area contributed by atoms with Gasteiger partial charge in [0.05, 0.1) is 5.92 Å². The normalized spacial score (nSPS) is 24.9. The predicted octanol–water partition coefficient (Wildman–Crippen LogP) is 2.06. The summed E-state index contributed by atoms with van der Waals surface area (Å²) in [5.74, 6) is 0.838. The summed E-state index contributed by atoms with van der Waals surface area (Å²) in [5.41, 5.74) is 0.627. The van der Waals surface area contributed by atoms with Gasteiger partial charge in [-0.15, -0.1) is 0 Å². The van der Waals surface area contributed by atoms with Crippen LogP contribution in [0.3, 0.4) is 0 Å². The monoisotopic (exact) mass is 321 g/mol. The highest BCUT2D eigenvalue weighted by molar-refractivity contribution is 7.99. The fraction of sp³-hybridized carbons (Fsp3) is 0.688. The number of piperidine rings is 1. The number of rotatable bonds is 2. The Morgan fingerprint density at radius 2 is 2.27 bits per heavy atom. The lowest BCUT2D eigenvalue weighted by atomic mass is 9.97. The van der Waals surface area contributed by atoms with Crippen molar-refractivity contribution in [3.8, 4) is 0 Å². The van der Waals surface area contributed by atoms with Crippen LogP contribution < -0.4 is 5.56 Å². The molecule has 2 aliphatic heterocycles. The first-order valence-electron chi connectivity index (χ1n) is 8.11. The van der Waals surface area contributed by atoms with Crippen LogP contribution in [0.4, 0.5) is 0 Å². The summed E-state index contributed by atoms with van der Waals surface area (Å²) in [5, 5.41) is 0.741. The molecular weight excluding hydrogens is 298 g/mol. The van der Waals surface area contributed by atoms with E-state index in [1.54, 1.807) is 17.7 Å². The lowest BCUT2D eigenvalue weighted by Crippen LogP contribution is -2.49. The van der Waals surface area contributed by atoms with Crippen molar-refractivity contribution in [1.29, 1.82) is 0 Å². The van der Waals surface area contributed by atoms with Crippen molar-refractivity contribution in [2.24, 2.45) is 5.92 Å². The fourth-order valence-corrected chi connectivity index (χ4v) is 4.44. The molecule has 0 bridgehead atoms. The number of fused-ring (bicyclic) bond motifs is 1. The highest BCUT2D eigenvalue weighted by atomic mass is 32.2. The smallest absolute Gasteiger partial charge is 0.257 e. The maximum absolute atomic E-state index is 12.9. The SMILES string of the molecule is CCC1CCCCN1C(=O)C1CSc2ncc(C)c(=O)n2C1. The van der Waals surface area contributed by atoms with Crippen LogP contribution in [-0.4, -0.2) is 38.7 Å². The first-order chi connectivity index (χ1) is 10.6. The Bertz CT molecular complexity index is 628. The molecule has 120 valence electrons. The lowest BCUT2D eigenvalue weighted by molar-refractivity contribution is -0.139. The van der Waals surface area contributed by atoms with E-state index in [0.29, 0.717) is 18.2 Å². The van der Waals surface area contributed by atoms with Gasteiger partial charge < -0.3 is 4.90 Å². The van der Waals surface area contributed by atoms with Gasteiger partial charge in [-0.2, -0.15) is 0 Å². The highest BCUT2D eigenvalue weighted by Gasteiger charge is 2.33. The second-order valence-corrected chi connectivity index (χ2v) is 7.22. The van der Waals surface area contributed by atoms with Crippen LogP contribution in [0.15, 0.2) is 16.1 Å². The first-order valence-corrected chi connectivity index (χ1v) is 9.10. The Balaban J connectivity index is 1.80. The molecule has 1 fully saturated rings. The van der Waals surface area contributed by atoms with Gasteiger partial charge >= 0.3 is 0 Å². The van der Waals surface area contributed by atoms with Crippen molar-refractivity contribution < 1.29 is 4.79 Å². The summed E-state index contributed by atoms with van der Waals surface area (Å²) >= 11 is 1.53. The number of likely N-dealkylation sites (tertiary alicyclic amines) is 1. The van der Waals surface area contributed by atoms with Crippen molar-refractivity contribution >= 4 is 17.7 Å². The number of hydrogen-bond donors (Lipinski definition) is 0. The Morgan fingerprint density at radius 3 is 3.05 bits per heavy atom. The molecule has 0 radical (unpaired) electrons. The van der Waals surface area contributed by atoms with Crippen molar-refractivity contribution in [2.45, 2.75) is 57.3 Å². The van der Waals surface area contributed by atoms with Crippen LogP contribution in [0.25, 0.3) is 0 Å². The average molecular weight is 321 g/mol. The van der Waals surface area contributed by atoms with Crippen LogP contribution in [0.1, 0.15) is 38.2 Å². The average Bonchev–Trinajstić information content (AvgIpc) is 2.57. The standard InChI is InChI=1S/C16H23N3O2S/c1-3-13-6-4-5-7-18(13)15(21)12-9-19-14(20)11(2)8-17-16(19)22-10-12/h8,12-13H,3-7,9-10H2,1-2H3. The number of nitrogens with zero attached hydrogens (tertiary/aromatic N) is 3. The molecule has 0 aromatic carbocycles. The third-order valence-corrected chi connectivity index (χ3v) is 5.88. The van der Waals surface area contributed by atoms with Gasteiger partial charge in [-0.3, -0.25) is 14.2 Å². The van der Waals surface area contributed by atoms with Gasteiger partial charge in [0.25, 0.3) is 5.56 Å². The van der Waals surface area contributed by atoms with Crippen molar-refractivity contribution in [1.82, 2.24) is 14.5 Å². The Morgan fingerprint density at radius 1 is 1.45 bits per heavy atom. The third kappa shape index (κ3) is 2.81. The van der Waals surface area contributed by atoms with E-state index >= 15 is 0 Å². The van der Waals surface area contributed by atoms with E-state index in [1.807, 2.05) is 0 Å². The predicted molar refractivity (Wildman–Crippen MR) is 87.1 cm³/mol. The zero-order chi connectivity index (χ0) is 15.7.